The Morgan fingerprint density at radius 2 is 1.33 bits per heavy atom. The van der Waals surface area contributed by atoms with E-state index in [1.165, 1.54) is 0 Å². The summed E-state index contributed by atoms with van der Waals surface area (Å²) in [6.07, 6.45) is 4.08. The molecule has 6 heavy (non-hydrogen) atoms. The van der Waals surface area contributed by atoms with Gasteiger partial charge in [0, 0.05) is 0 Å². The van der Waals surface area contributed by atoms with Gasteiger partial charge in [-0.15, -0.1) is 0 Å². The van der Waals surface area contributed by atoms with E-state index >= 15 is 0 Å². The molecule has 0 aromatic carbocycles. The number of halogens is 2. The predicted molar refractivity (Wildman–Crippen MR) is 31.1 cm³/mol. The zero-order valence-corrected chi connectivity index (χ0v) is 8.08. The molecule has 0 aliphatic heterocycles. The van der Waals surface area contributed by atoms with Gasteiger partial charge in [-0.3, -0.25) is 0 Å². The van der Waals surface area contributed by atoms with E-state index in [9.17, 15) is 0 Å². The molecule has 0 unspecified atom stereocenters. The van der Waals surface area contributed by atoms with Crippen LogP contribution in [0.4, 0.5) is 0 Å². The summed E-state index contributed by atoms with van der Waals surface area (Å²) in [5.74, 6) is 0. The predicted octanol–water partition coefficient (Wildman–Crippen LogP) is 2.36. The number of hydrogen-bond donors (Lipinski definition) is 0. The first-order valence-electron chi connectivity index (χ1n) is 1.06. The van der Waals surface area contributed by atoms with Crippen molar-refractivity contribution in [3.8, 4) is 0 Å². The van der Waals surface area contributed by atoms with Gasteiger partial charge in [-0.2, -0.15) is 11.8 Å². The molecule has 0 rings (SSSR count). The van der Waals surface area contributed by atoms with Crippen molar-refractivity contribution >= 4 is 30.6 Å². The summed E-state index contributed by atoms with van der Waals surface area (Å²) in [7, 11) is 9.75. The number of thioether (sulfide) groups is 1. The van der Waals surface area contributed by atoms with Crippen molar-refractivity contribution in [1.82, 2.24) is 0 Å². The van der Waals surface area contributed by atoms with E-state index in [1.54, 1.807) is 11.8 Å². The van der Waals surface area contributed by atoms with E-state index in [0.29, 0.717) is 0 Å². The molecule has 0 atom stereocenters. The standard InChI is InChI=1S/C2H6S.2ClH.Pt/c1-3-2;;;/h1-2H3;2*1H;/q;;;+2/p-2. The van der Waals surface area contributed by atoms with E-state index < -0.39 is 16.5 Å². The topological polar surface area (TPSA) is 0 Å². The van der Waals surface area contributed by atoms with Crippen molar-refractivity contribution in [3.05, 3.63) is 0 Å². The minimum atomic E-state index is -0.472. The molecule has 0 spiro atoms. The monoisotopic (exact) mass is 327 g/mol. The Labute approximate surface area is 59.4 Å². The van der Waals surface area contributed by atoms with Crippen LogP contribution in [0.5, 0.6) is 0 Å². The third-order valence-electron chi connectivity index (χ3n) is 0. The van der Waals surface area contributed by atoms with Gasteiger partial charge in [0.2, 0.25) is 0 Å². The molecule has 4 heteroatoms. The normalized spacial score (nSPS) is 6.67. The van der Waals surface area contributed by atoms with Crippen LogP contribution < -0.4 is 0 Å². The van der Waals surface area contributed by atoms with Gasteiger partial charge in [-0.05, 0) is 12.5 Å². The maximum atomic E-state index is 4.88. The maximum absolute atomic E-state index is 4.88. The number of hydrogen-bond acceptors (Lipinski definition) is 1. The van der Waals surface area contributed by atoms with Crippen molar-refractivity contribution in [2.24, 2.45) is 0 Å². The summed E-state index contributed by atoms with van der Waals surface area (Å²) in [4.78, 5) is 0. The molecule has 0 bridgehead atoms. The molecule has 0 saturated heterocycles. The van der Waals surface area contributed by atoms with Gasteiger partial charge in [0.1, 0.15) is 0 Å². The van der Waals surface area contributed by atoms with E-state index in [0.717, 1.165) is 0 Å². The van der Waals surface area contributed by atoms with Crippen LogP contribution in [-0.2, 0) is 16.5 Å². The third-order valence-corrected chi connectivity index (χ3v) is 0. The second kappa shape index (κ2) is 16.0. The first-order valence-corrected chi connectivity index (χ1v) is 8.32. The quantitative estimate of drug-likeness (QED) is 0.658. The van der Waals surface area contributed by atoms with Gasteiger partial charge in [0.05, 0.1) is 0 Å². The first-order chi connectivity index (χ1) is 2.83. The zero-order valence-electron chi connectivity index (χ0n) is 3.48. The molecular formula is C2H6Cl2PtS. The van der Waals surface area contributed by atoms with Crippen LogP contribution >= 0.6 is 30.6 Å². The summed E-state index contributed by atoms with van der Waals surface area (Å²) in [5.41, 5.74) is 0. The van der Waals surface area contributed by atoms with Gasteiger partial charge < -0.3 is 0 Å². The molecule has 0 saturated carbocycles. The van der Waals surface area contributed by atoms with Crippen LogP contribution in [0.1, 0.15) is 0 Å². The zero-order chi connectivity index (χ0) is 5.41. The molecule has 0 radical (unpaired) electrons. The van der Waals surface area contributed by atoms with Crippen LogP contribution in [0.25, 0.3) is 0 Å². The van der Waals surface area contributed by atoms with Crippen LogP contribution in [0.2, 0.25) is 0 Å². The van der Waals surface area contributed by atoms with E-state index in [4.69, 9.17) is 18.8 Å². The molecule has 0 fully saturated rings. The Hall–Kier alpha value is 1.62. The Morgan fingerprint density at radius 3 is 1.33 bits per heavy atom. The summed E-state index contributed by atoms with van der Waals surface area (Å²) < 4.78 is 0. The summed E-state index contributed by atoms with van der Waals surface area (Å²) in [6, 6.07) is 0. The van der Waals surface area contributed by atoms with E-state index in [2.05, 4.69) is 0 Å². The molecule has 0 N–H and O–H groups in total. The average molecular weight is 328 g/mol. The van der Waals surface area contributed by atoms with Gasteiger partial charge >= 0.3 is 35.3 Å². The van der Waals surface area contributed by atoms with Gasteiger partial charge in [-0.1, -0.05) is 0 Å². The molecular weight excluding hydrogens is 322 g/mol. The van der Waals surface area contributed by atoms with Crippen LogP contribution in [0, 0.1) is 0 Å². The summed E-state index contributed by atoms with van der Waals surface area (Å²) >= 11 is 1.28. The van der Waals surface area contributed by atoms with Crippen molar-refractivity contribution in [1.29, 1.82) is 0 Å². The molecule has 0 aromatic rings. The Morgan fingerprint density at radius 1 is 1.33 bits per heavy atom. The first kappa shape index (κ1) is 10.6. The van der Waals surface area contributed by atoms with Crippen molar-refractivity contribution in [2.75, 3.05) is 12.5 Å². The fourth-order valence-corrected chi connectivity index (χ4v) is 0. The Bertz CT molecular complexity index is 13.5. The summed E-state index contributed by atoms with van der Waals surface area (Å²) in [6.45, 7) is 0. The van der Waals surface area contributed by atoms with Gasteiger partial charge in [0.15, 0.2) is 0 Å². The van der Waals surface area contributed by atoms with Crippen molar-refractivity contribution in [3.63, 3.8) is 0 Å². The minimum absolute atomic E-state index is 0.472. The molecule has 0 amide bonds. The van der Waals surface area contributed by atoms with Crippen LogP contribution in [-0.4, -0.2) is 12.5 Å². The molecule has 0 nitrogen and oxygen atoms in total. The average Bonchev–Trinajstić information content (AvgIpc) is 1.39. The second-order valence-corrected chi connectivity index (χ2v) is 4.55. The fraction of sp³-hybridized carbons (Fsp3) is 1.00. The number of rotatable bonds is 0. The fourth-order valence-electron chi connectivity index (χ4n) is 0. The van der Waals surface area contributed by atoms with E-state index in [-0.39, 0.29) is 0 Å². The molecule has 44 valence electrons. The van der Waals surface area contributed by atoms with Crippen molar-refractivity contribution in [2.45, 2.75) is 0 Å². The molecule has 0 aliphatic rings. The third kappa shape index (κ3) is 45.8. The molecule has 0 aromatic heterocycles. The van der Waals surface area contributed by atoms with Gasteiger partial charge in [-0.25, -0.2) is 0 Å². The Balaban J connectivity index is 0. The van der Waals surface area contributed by atoms with Crippen LogP contribution in [0.3, 0.4) is 0 Å². The van der Waals surface area contributed by atoms with Crippen LogP contribution in [0.15, 0.2) is 0 Å². The van der Waals surface area contributed by atoms with Crippen molar-refractivity contribution < 1.29 is 16.5 Å². The molecule has 0 aliphatic carbocycles. The van der Waals surface area contributed by atoms with Gasteiger partial charge in [0.25, 0.3) is 0 Å². The second-order valence-electron chi connectivity index (χ2n) is 0.453. The summed E-state index contributed by atoms with van der Waals surface area (Å²) in [5, 5.41) is 0. The SMILES string of the molecule is CSC.[Cl][Pt][Cl]. The Kier molecular flexibility index (Phi) is 28.1. The molecule has 0 heterocycles. The van der Waals surface area contributed by atoms with E-state index in [1.807, 2.05) is 12.5 Å².